The zero-order chi connectivity index (χ0) is 24.0. The molecule has 1 aliphatic rings. The molecule has 0 bridgehead atoms. The maximum absolute atomic E-state index is 11.7. The predicted octanol–water partition coefficient (Wildman–Crippen LogP) is 5.08. The minimum Gasteiger partial charge on any atom is -0.358 e. The van der Waals surface area contributed by atoms with E-state index < -0.39 is 0 Å². The van der Waals surface area contributed by atoms with Gasteiger partial charge in [-0.25, -0.2) is 0 Å². The summed E-state index contributed by atoms with van der Waals surface area (Å²) in [6.45, 7) is 9.21. The van der Waals surface area contributed by atoms with E-state index in [0.717, 1.165) is 31.4 Å². The predicted molar refractivity (Wildman–Crippen MR) is 139 cm³/mol. The monoisotopic (exact) mass is 457 g/mol. The van der Waals surface area contributed by atoms with Crippen molar-refractivity contribution in [3.05, 3.63) is 53.2 Å². The maximum Gasteiger partial charge on any atom is 0.233 e. The summed E-state index contributed by atoms with van der Waals surface area (Å²) in [5, 5.41) is 9.74. The molecule has 2 N–H and O–H groups in total. The first-order chi connectivity index (χ1) is 16.4. The summed E-state index contributed by atoms with van der Waals surface area (Å²) in [5.41, 5.74) is 8.91. The van der Waals surface area contributed by atoms with Crippen LogP contribution in [-0.4, -0.2) is 52.3 Å². The second-order valence-corrected chi connectivity index (χ2v) is 10.0. The number of hydrogen-bond donors (Lipinski definition) is 2. The number of carbonyl (C=O) groups excluding carboxylic acids is 1. The van der Waals surface area contributed by atoms with Crippen LogP contribution in [0.2, 0.25) is 0 Å². The van der Waals surface area contributed by atoms with E-state index in [0.29, 0.717) is 18.4 Å². The molecule has 0 unspecified atom stereocenters. The number of aromatic amines is 1. The molecule has 178 valence electrons. The first-order valence-corrected chi connectivity index (χ1v) is 12.4. The van der Waals surface area contributed by atoms with Gasteiger partial charge in [0.25, 0.3) is 0 Å². The lowest BCUT2D eigenvalue weighted by molar-refractivity contribution is -0.122. The van der Waals surface area contributed by atoms with E-state index in [1.807, 2.05) is 17.9 Å². The van der Waals surface area contributed by atoms with Crippen molar-refractivity contribution in [3.8, 4) is 11.3 Å². The number of aromatic nitrogens is 3. The Morgan fingerprint density at radius 1 is 1.18 bits per heavy atom. The van der Waals surface area contributed by atoms with Gasteiger partial charge in [-0.05, 0) is 79.6 Å². The SMILES string of the molecule is CNC(=O)CN1CCC(c2ccc3[nH]c(-c4ccc5c(cnn5C)c4C)c(C(C)C)c3c2)CC1. The molecule has 1 fully saturated rings. The van der Waals surface area contributed by atoms with Crippen molar-refractivity contribution in [1.82, 2.24) is 25.0 Å². The molecule has 0 saturated carbocycles. The first kappa shape index (κ1) is 22.7. The smallest absolute Gasteiger partial charge is 0.233 e. The van der Waals surface area contributed by atoms with Crippen molar-refractivity contribution in [3.63, 3.8) is 0 Å². The Labute approximate surface area is 201 Å². The van der Waals surface area contributed by atoms with Crippen molar-refractivity contribution in [2.45, 2.75) is 45.4 Å². The number of H-pyrrole nitrogens is 1. The molecule has 0 radical (unpaired) electrons. The Bertz CT molecular complexity index is 1350. The van der Waals surface area contributed by atoms with Gasteiger partial charge < -0.3 is 10.3 Å². The van der Waals surface area contributed by atoms with Gasteiger partial charge in [-0.1, -0.05) is 26.0 Å². The summed E-state index contributed by atoms with van der Waals surface area (Å²) in [5.74, 6) is 1.04. The quantitative estimate of drug-likeness (QED) is 0.439. The summed E-state index contributed by atoms with van der Waals surface area (Å²) in [6.07, 6.45) is 4.15. The Hall–Kier alpha value is -3.12. The van der Waals surface area contributed by atoms with Gasteiger partial charge in [0.05, 0.1) is 24.0 Å². The number of aryl methyl sites for hydroxylation is 2. The lowest BCUT2D eigenvalue weighted by Crippen LogP contribution is -2.40. The van der Waals surface area contributed by atoms with E-state index in [2.05, 4.69) is 71.4 Å². The molecule has 6 heteroatoms. The number of nitrogens with one attached hydrogen (secondary N) is 2. The standard InChI is InChI=1S/C28H35N5O/c1-17(2)27-22-14-20(19-10-12-33(13-11-19)16-26(34)29-4)6-8-24(22)31-28(27)21-7-9-25-23(18(21)3)15-30-32(25)5/h6-9,14-15,17,19,31H,10-13,16H2,1-5H3,(H,29,34). The van der Waals surface area contributed by atoms with Crippen molar-refractivity contribution < 1.29 is 4.79 Å². The van der Waals surface area contributed by atoms with Gasteiger partial charge in [0.1, 0.15) is 0 Å². The molecular formula is C28H35N5O. The molecule has 0 atom stereocenters. The second kappa shape index (κ2) is 8.91. The van der Waals surface area contributed by atoms with Crippen LogP contribution in [0.4, 0.5) is 0 Å². The number of hydrogen-bond acceptors (Lipinski definition) is 3. The Kier molecular flexibility index (Phi) is 5.94. The third-order valence-corrected chi connectivity index (χ3v) is 7.62. The van der Waals surface area contributed by atoms with E-state index >= 15 is 0 Å². The van der Waals surface area contributed by atoms with Gasteiger partial charge in [0.2, 0.25) is 5.91 Å². The van der Waals surface area contributed by atoms with Crippen LogP contribution in [0.25, 0.3) is 33.1 Å². The molecule has 5 rings (SSSR count). The average Bonchev–Trinajstić information content (AvgIpc) is 3.40. The Balaban J connectivity index is 1.50. The largest absolute Gasteiger partial charge is 0.358 e. The van der Waals surface area contributed by atoms with Gasteiger partial charge >= 0.3 is 0 Å². The normalized spacial score (nSPS) is 15.6. The minimum atomic E-state index is 0.0982. The molecule has 6 nitrogen and oxygen atoms in total. The lowest BCUT2D eigenvalue weighted by atomic mass is 9.87. The fourth-order valence-electron chi connectivity index (χ4n) is 5.64. The van der Waals surface area contributed by atoms with Crippen LogP contribution in [0.3, 0.4) is 0 Å². The zero-order valence-corrected chi connectivity index (χ0v) is 20.9. The van der Waals surface area contributed by atoms with Crippen LogP contribution in [0.5, 0.6) is 0 Å². The van der Waals surface area contributed by atoms with Crippen molar-refractivity contribution in [1.29, 1.82) is 0 Å². The van der Waals surface area contributed by atoms with Gasteiger partial charge in [0, 0.05) is 35.9 Å². The van der Waals surface area contributed by atoms with E-state index in [-0.39, 0.29) is 5.91 Å². The maximum atomic E-state index is 11.7. The average molecular weight is 458 g/mol. The Morgan fingerprint density at radius 3 is 2.65 bits per heavy atom. The van der Waals surface area contributed by atoms with E-state index in [9.17, 15) is 4.79 Å². The number of amides is 1. The van der Waals surface area contributed by atoms with E-state index in [4.69, 9.17) is 0 Å². The van der Waals surface area contributed by atoms with Crippen molar-refractivity contribution >= 4 is 27.7 Å². The van der Waals surface area contributed by atoms with Crippen molar-refractivity contribution in [2.24, 2.45) is 7.05 Å². The van der Waals surface area contributed by atoms with E-state index in [1.54, 1.807) is 7.05 Å². The molecule has 2 aromatic carbocycles. The number of fused-ring (bicyclic) bond motifs is 2. The number of rotatable bonds is 5. The lowest BCUT2D eigenvalue weighted by Gasteiger charge is -2.31. The van der Waals surface area contributed by atoms with Crippen LogP contribution < -0.4 is 5.32 Å². The molecular weight excluding hydrogens is 422 g/mol. The molecule has 34 heavy (non-hydrogen) atoms. The number of likely N-dealkylation sites (N-methyl/N-ethyl adjacent to an activating group) is 1. The van der Waals surface area contributed by atoms with Crippen LogP contribution in [0, 0.1) is 6.92 Å². The van der Waals surface area contributed by atoms with Crippen molar-refractivity contribution in [2.75, 3.05) is 26.7 Å². The van der Waals surface area contributed by atoms with Gasteiger partial charge in [-0.2, -0.15) is 5.10 Å². The highest BCUT2D eigenvalue weighted by Gasteiger charge is 2.24. The second-order valence-electron chi connectivity index (χ2n) is 10.0. The summed E-state index contributed by atoms with van der Waals surface area (Å²) in [6, 6.07) is 11.4. The third-order valence-electron chi connectivity index (χ3n) is 7.62. The highest BCUT2D eigenvalue weighted by molar-refractivity contribution is 5.96. The van der Waals surface area contributed by atoms with Crippen LogP contribution in [0.1, 0.15) is 55.2 Å². The zero-order valence-electron chi connectivity index (χ0n) is 20.9. The third kappa shape index (κ3) is 3.90. The fraction of sp³-hybridized carbons (Fsp3) is 0.429. The fourth-order valence-corrected chi connectivity index (χ4v) is 5.64. The summed E-state index contributed by atoms with van der Waals surface area (Å²) >= 11 is 0. The molecule has 4 aromatic rings. The number of nitrogens with zero attached hydrogens (tertiary/aromatic N) is 3. The number of carbonyl (C=O) groups is 1. The highest BCUT2D eigenvalue weighted by Crippen LogP contribution is 2.40. The van der Waals surface area contributed by atoms with Crippen LogP contribution in [-0.2, 0) is 11.8 Å². The Morgan fingerprint density at radius 2 is 1.94 bits per heavy atom. The number of benzene rings is 2. The molecule has 0 spiro atoms. The molecule has 1 aliphatic heterocycles. The number of piperidine rings is 1. The minimum absolute atomic E-state index is 0.0982. The molecule has 1 saturated heterocycles. The summed E-state index contributed by atoms with van der Waals surface area (Å²) < 4.78 is 1.94. The molecule has 1 amide bonds. The molecule has 2 aromatic heterocycles. The van der Waals surface area contributed by atoms with Gasteiger partial charge in [-0.3, -0.25) is 14.4 Å². The molecule has 3 heterocycles. The summed E-state index contributed by atoms with van der Waals surface area (Å²) in [7, 11) is 3.70. The first-order valence-electron chi connectivity index (χ1n) is 12.4. The number of likely N-dealkylation sites (tertiary alicyclic amines) is 1. The van der Waals surface area contributed by atoms with E-state index in [1.165, 1.54) is 44.2 Å². The summed E-state index contributed by atoms with van der Waals surface area (Å²) in [4.78, 5) is 17.8. The van der Waals surface area contributed by atoms with Gasteiger partial charge in [0.15, 0.2) is 0 Å². The molecule has 0 aliphatic carbocycles. The topological polar surface area (TPSA) is 66.0 Å². The van der Waals surface area contributed by atoms with Gasteiger partial charge in [-0.15, -0.1) is 0 Å². The van der Waals surface area contributed by atoms with Crippen LogP contribution in [0.15, 0.2) is 36.5 Å². The van der Waals surface area contributed by atoms with Crippen LogP contribution >= 0.6 is 0 Å². The highest BCUT2D eigenvalue weighted by atomic mass is 16.1.